The molecule has 3 rings (SSSR count). The highest BCUT2D eigenvalue weighted by Crippen LogP contribution is 2.37. The molecule has 3 aromatic rings. The number of hydrogen-bond donors (Lipinski definition) is 0. The van der Waals surface area contributed by atoms with Crippen molar-refractivity contribution in [2.24, 2.45) is 11.8 Å². The van der Waals surface area contributed by atoms with E-state index in [0.717, 1.165) is 5.56 Å². The minimum atomic E-state index is -2.78. The van der Waals surface area contributed by atoms with E-state index in [2.05, 4.69) is 69.3 Å². The molecule has 0 unspecified atom stereocenters. The largest absolute Gasteiger partial charge is 0.460 e. The van der Waals surface area contributed by atoms with E-state index in [1.807, 2.05) is 70.2 Å². The lowest BCUT2D eigenvalue weighted by atomic mass is 9.95. The van der Waals surface area contributed by atoms with Crippen LogP contribution in [0.3, 0.4) is 0 Å². The zero-order chi connectivity index (χ0) is 29.2. The van der Waals surface area contributed by atoms with Gasteiger partial charge in [-0.05, 0) is 41.7 Å². The van der Waals surface area contributed by atoms with Crippen LogP contribution in [0.2, 0.25) is 5.04 Å². The molecule has 0 fully saturated rings. The maximum absolute atomic E-state index is 13.2. The zero-order valence-electron chi connectivity index (χ0n) is 25.2. The highest BCUT2D eigenvalue weighted by molar-refractivity contribution is 6.99. The molecule has 0 aliphatic heterocycles. The van der Waals surface area contributed by atoms with Gasteiger partial charge in [-0.25, -0.2) is 0 Å². The highest BCUT2D eigenvalue weighted by atomic mass is 28.4. The molecule has 0 amide bonds. The lowest BCUT2D eigenvalue weighted by Gasteiger charge is -2.44. The third-order valence-corrected chi connectivity index (χ3v) is 12.0. The third-order valence-electron chi connectivity index (χ3n) is 7.03. The van der Waals surface area contributed by atoms with E-state index in [4.69, 9.17) is 18.6 Å². The molecule has 0 aromatic heterocycles. The monoisotopic (exact) mass is 562 g/mol. The normalized spacial score (nSPS) is 14.0. The molecule has 0 N–H and O–H groups in total. The first kappa shape index (κ1) is 31.8. The lowest BCUT2D eigenvalue weighted by Crippen LogP contribution is -2.67. The zero-order valence-corrected chi connectivity index (χ0v) is 26.2. The first-order valence-electron chi connectivity index (χ1n) is 14.1. The Morgan fingerprint density at radius 3 is 1.70 bits per heavy atom. The second-order valence-electron chi connectivity index (χ2n) is 12.4. The molecule has 2 atom stereocenters. The second-order valence-corrected chi connectivity index (χ2v) is 16.7. The quantitative estimate of drug-likeness (QED) is 0.105. The van der Waals surface area contributed by atoms with Gasteiger partial charge in [-0.1, -0.05) is 119 Å². The molecule has 0 saturated heterocycles. The fraction of sp³-hybridized carbons (Fsp3) is 0.441. The van der Waals surface area contributed by atoms with Gasteiger partial charge >= 0.3 is 5.97 Å². The summed E-state index contributed by atoms with van der Waals surface area (Å²) in [5.41, 5.74) is 0.508. The van der Waals surface area contributed by atoms with E-state index in [1.54, 1.807) is 0 Å². The Bertz CT molecular complexity index is 1110. The molecule has 216 valence electrons. The highest BCUT2D eigenvalue weighted by Gasteiger charge is 2.50. The Morgan fingerprint density at radius 2 is 1.23 bits per heavy atom. The van der Waals surface area contributed by atoms with Crippen molar-refractivity contribution in [3.63, 3.8) is 0 Å². The van der Waals surface area contributed by atoms with Gasteiger partial charge in [0.2, 0.25) is 0 Å². The predicted molar refractivity (Wildman–Crippen MR) is 164 cm³/mol. The van der Waals surface area contributed by atoms with Gasteiger partial charge in [-0.3, -0.25) is 4.79 Å². The van der Waals surface area contributed by atoms with Gasteiger partial charge < -0.3 is 18.6 Å². The fourth-order valence-corrected chi connectivity index (χ4v) is 9.53. The van der Waals surface area contributed by atoms with Crippen molar-refractivity contribution < 1.29 is 23.4 Å². The summed E-state index contributed by atoms with van der Waals surface area (Å²) in [7, 11) is -2.78. The molecule has 0 heterocycles. The maximum Gasteiger partial charge on any atom is 0.309 e. The van der Waals surface area contributed by atoms with Gasteiger partial charge in [0.05, 0.1) is 19.1 Å². The van der Waals surface area contributed by atoms with Gasteiger partial charge in [0, 0.05) is 12.5 Å². The smallest absolute Gasteiger partial charge is 0.309 e. The van der Waals surface area contributed by atoms with Gasteiger partial charge in [0.1, 0.15) is 12.4 Å². The predicted octanol–water partition coefficient (Wildman–Crippen LogP) is 6.35. The molecular weight excluding hydrogens is 516 g/mol. The Morgan fingerprint density at radius 1 is 0.725 bits per heavy atom. The molecular formula is C34H46O5Si. The summed E-state index contributed by atoms with van der Waals surface area (Å²) in [6.45, 7) is 15.6. The van der Waals surface area contributed by atoms with Crippen LogP contribution in [-0.2, 0) is 30.0 Å². The number of carbonyl (C=O) groups excluding carboxylic acids is 1. The summed E-state index contributed by atoms with van der Waals surface area (Å²) in [5.74, 6) is -0.902. The number of ether oxygens (including phenoxy) is 3. The number of benzene rings is 3. The standard InChI is InChI=1S/C34H46O5Si/c1-27(32(35)39-33(2,3)4)29(24-37-26-36-23-28-17-11-8-12-18-28)25-38-40(34(5,6)7,30-19-13-9-14-20-30)31-21-15-10-16-22-31/h8-22,27,29H,23-26H2,1-7H3/t27-,29+/m1/s1. The van der Waals surface area contributed by atoms with Gasteiger partial charge in [-0.15, -0.1) is 0 Å². The van der Waals surface area contributed by atoms with Gasteiger partial charge in [-0.2, -0.15) is 0 Å². The van der Waals surface area contributed by atoms with E-state index in [-0.39, 0.29) is 23.7 Å². The molecule has 3 aromatic carbocycles. The molecule has 0 spiro atoms. The average Bonchev–Trinajstić information content (AvgIpc) is 2.91. The summed E-state index contributed by atoms with van der Waals surface area (Å²) < 4.78 is 24.7. The van der Waals surface area contributed by atoms with E-state index in [0.29, 0.717) is 19.8 Å². The maximum atomic E-state index is 13.2. The minimum absolute atomic E-state index is 0.131. The van der Waals surface area contributed by atoms with E-state index >= 15 is 0 Å². The molecule has 0 saturated carbocycles. The summed E-state index contributed by atoms with van der Waals surface area (Å²) in [6, 6.07) is 31.0. The molecule has 0 aliphatic rings. The van der Waals surface area contributed by atoms with Crippen LogP contribution in [0.4, 0.5) is 0 Å². The molecule has 0 bridgehead atoms. The van der Waals surface area contributed by atoms with Crippen LogP contribution in [0.25, 0.3) is 0 Å². The SMILES string of the molecule is C[C@@H](C(=O)OC(C)(C)C)[C@@H](COCOCc1ccccc1)CO[Si](c1ccccc1)(c1ccccc1)C(C)(C)C. The van der Waals surface area contributed by atoms with Crippen molar-refractivity contribution in [1.29, 1.82) is 0 Å². The molecule has 40 heavy (non-hydrogen) atoms. The summed E-state index contributed by atoms with van der Waals surface area (Å²) >= 11 is 0. The van der Waals surface area contributed by atoms with Crippen LogP contribution in [0.1, 0.15) is 54.0 Å². The van der Waals surface area contributed by atoms with Crippen LogP contribution < -0.4 is 10.4 Å². The van der Waals surface area contributed by atoms with Crippen molar-refractivity contribution >= 4 is 24.7 Å². The number of rotatable bonds is 13. The van der Waals surface area contributed by atoms with Crippen molar-refractivity contribution in [2.45, 2.75) is 65.7 Å². The van der Waals surface area contributed by atoms with Crippen molar-refractivity contribution in [3.8, 4) is 0 Å². The molecule has 0 aliphatic carbocycles. The van der Waals surface area contributed by atoms with Crippen LogP contribution in [0.15, 0.2) is 91.0 Å². The number of hydrogen-bond acceptors (Lipinski definition) is 5. The van der Waals surface area contributed by atoms with Crippen molar-refractivity contribution in [3.05, 3.63) is 96.6 Å². The topological polar surface area (TPSA) is 54.0 Å². The molecule has 5 nitrogen and oxygen atoms in total. The first-order valence-corrected chi connectivity index (χ1v) is 16.0. The van der Waals surface area contributed by atoms with Crippen LogP contribution in [0.5, 0.6) is 0 Å². The Balaban J connectivity index is 1.84. The van der Waals surface area contributed by atoms with E-state index in [9.17, 15) is 4.79 Å². The Labute approximate surface area is 242 Å². The third kappa shape index (κ3) is 8.61. The fourth-order valence-electron chi connectivity index (χ4n) is 4.91. The Kier molecular flexibility index (Phi) is 11.3. The van der Waals surface area contributed by atoms with E-state index in [1.165, 1.54) is 10.4 Å². The average molecular weight is 563 g/mol. The first-order chi connectivity index (χ1) is 18.9. The van der Waals surface area contributed by atoms with Gasteiger partial charge in [0.15, 0.2) is 0 Å². The summed E-state index contributed by atoms with van der Waals surface area (Å²) in [5, 5.41) is 2.23. The van der Waals surface area contributed by atoms with Gasteiger partial charge in [0.25, 0.3) is 8.32 Å². The summed E-state index contributed by atoms with van der Waals surface area (Å²) in [6.07, 6.45) is 0. The number of carbonyl (C=O) groups is 1. The summed E-state index contributed by atoms with van der Waals surface area (Å²) in [4.78, 5) is 13.2. The van der Waals surface area contributed by atoms with Crippen molar-refractivity contribution in [1.82, 2.24) is 0 Å². The molecule has 0 radical (unpaired) electrons. The number of esters is 1. The second kappa shape index (κ2) is 14.2. The molecule has 6 heteroatoms. The van der Waals surface area contributed by atoms with E-state index < -0.39 is 19.8 Å². The Hall–Kier alpha value is -2.77. The van der Waals surface area contributed by atoms with Crippen LogP contribution in [-0.4, -0.2) is 39.9 Å². The lowest BCUT2D eigenvalue weighted by molar-refractivity contribution is -0.164. The van der Waals surface area contributed by atoms with Crippen LogP contribution >= 0.6 is 0 Å². The van der Waals surface area contributed by atoms with Crippen molar-refractivity contribution in [2.75, 3.05) is 20.0 Å². The van der Waals surface area contributed by atoms with Crippen LogP contribution in [0, 0.1) is 11.8 Å². The minimum Gasteiger partial charge on any atom is -0.460 e.